The van der Waals surface area contributed by atoms with Crippen molar-refractivity contribution in [2.45, 2.75) is 0 Å². The van der Waals surface area contributed by atoms with Crippen LogP contribution in [0.4, 0.5) is 5.69 Å². The molecule has 11 heavy (non-hydrogen) atoms. The fourth-order valence-corrected chi connectivity index (χ4v) is 0.589. The van der Waals surface area contributed by atoms with Crippen LogP contribution < -0.4 is 0 Å². The van der Waals surface area contributed by atoms with Crippen LogP contribution in [-0.2, 0) is 0 Å². The Labute approximate surface area is 85.1 Å². The predicted octanol–water partition coefficient (Wildman–Crippen LogP) is 1.11. The minimum atomic E-state index is -0.310. The summed E-state index contributed by atoms with van der Waals surface area (Å²) in [5.74, 6) is -0.403. The number of benzene rings is 1. The van der Waals surface area contributed by atoms with Crippen molar-refractivity contribution in [2.75, 3.05) is 0 Å². The summed E-state index contributed by atoms with van der Waals surface area (Å²) in [6, 6.07) is 3.56. The van der Waals surface area contributed by atoms with Gasteiger partial charge in [0.15, 0.2) is 0 Å². The second-order valence-corrected chi connectivity index (χ2v) is 1.76. The van der Waals surface area contributed by atoms with E-state index in [1.807, 2.05) is 0 Å². The number of hydrogen-bond acceptors (Lipinski definition) is 4. The van der Waals surface area contributed by atoms with Crippen molar-refractivity contribution in [3.8, 4) is 11.5 Å². The van der Waals surface area contributed by atoms with E-state index in [0.717, 1.165) is 6.07 Å². The Morgan fingerprint density at radius 2 is 1.91 bits per heavy atom. The van der Waals surface area contributed by atoms with Gasteiger partial charge in [0, 0.05) is 35.6 Å². The molecular formula is C6H5NNaO3. The summed E-state index contributed by atoms with van der Waals surface area (Å²) >= 11 is 0. The van der Waals surface area contributed by atoms with Crippen molar-refractivity contribution < 1.29 is 10.2 Å². The summed E-state index contributed by atoms with van der Waals surface area (Å²) in [7, 11) is 0. The van der Waals surface area contributed by atoms with Crippen LogP contribution >= 0.6 is 0 Å². The molecule has 1 rings (SSSR count). The van der Waals surface area contributed by atoms with E-state index >= 15 is 0 Å². The van der Waals surface area contributed by atoms with Crippen LogP contribution in [0.2, 0.25) is 0 Å². The largest absolute Gasteiger partial charge is 0.508 e. The standard InChI is InChI=1S/C6H5NO3.Na/c8-4-1-2-5(7-10)6(9)3-4;/h1-3,8-9H;. The molecule has 0 atom stereocenters. The van der Waals surface area contributed by atoms with E-state index in [0.29, 0.717) is 0 Å². The summed E-state index contributed by atoms with van der Waals surface area (Å²) in [6.45, 7) is 0. The zero-order chi connectivity index (χ0) is 7.56. The maximum absolute atomic E-state index is 9.85. The van der Waals surface area contributed by atoms with E-state index in [1.165, 1.54) is 12.1 Å². The molecule has 0 aromatic heterocycles. The number of aromatic hydroxyl groups is 2. The van der Waals surface area contributed by atoms with Gasteiger partial charge < -0.3 is 10.2 Å². The molecule has 0 saturated heterocycles. The number of rotatable bonds is 1. The molecule has 0 aliphatic heterocycles. The maximum atomic E-state index is 9.85. The molecule has 0 amide bonds. The second-order valence-electron chi connectivity index (χ2n) is 1.76. The molecule has 1 aromatic rings. The average molecular weight is 162 g/mol. The summed E-state index contributed by atoms with van der Waals surface area (Å²) in [6.07, 6.45) is 0. The Bertz CT molecular complexity index is 264. The number of hydrogen-bond donors (Lipinski definition) is 2. The Kier molecular flexibility index (Phi) is 4.10. The van der Waals surface area contributed by atoms with Crippen LogP contribution in [0.15, 0.2) is 23.4 Å². The van der Waals surface area contributed by atoms with Gasteiger partial charge in [-0.25, -0.2) is 0 Å². The molecule has 0 saturated carbocycles. The van der Waals surface area contributed by atoms with Crippen molar-refractivity contribution in [2.24, 2.45) is 5.18 Å². The van der Waals surface area contributed by atoms with Crippen LogP contribution in [0.1, 0.15) is 0 Å². The first-order valence-electron chi connectivity index (χ1n) is 2.59. The summed E-state index contributed by atoms with van der Waals surface area (Å²) in [5, 5.41) is 20.1. The van der Waals surface area contributed by atoms with Gasteiger partial charge >= 0.3 is 0 Å². The summed E-state index contributed by atoms with van der Waals surface area (Å²) < 4.78 is 0. The molecule has 0 aliphatic rings. The molecule has 53 valence electrons. The van der Waals surface area contributed by atoms with Gasteiger partial charge in [0.1, 0.15) is 17.2 Å². The number of nitrogens with zero attached hydrogens (tertiary/aromatic N) is 1. The second kappa shape index (κ2) is 4.33. The Morgan fingerprint density at radius 3 is 2.36 bits per heavy atom. The first-order valence-corrected chi connectivity index (χ1v) is 2.59. The predicted molar refractivity (Wildman–Crippen MR) is 41.0 cm³/mol. The first kappa shape index (κ1) is 10.4. The first-order chi connectivity index (χ1) is 4.74. The van der Waals surface area contributed by atoms with Gasteiger partial charge in [-0.3, -0.25) is 0 Å². The Balaban J connectivity index is 0.000001000. The van der Waals surface area contributed by atoms with E-state index in [2.05, 4.69) is 5.18 Å². The van der Waals surface area contributed by atoms with Crippen molar-refractivity contribution in [3.63, 3.8) is 0 Å². The number of phenolic OH excluding ortho intramolecular Hbond substituents is 2. The Hall–Kier alpha value is -0.580. The van der Waals surface area contributed by atoms with E-state index < -0.39 is 0 Å². The fraction of sp³-hybridized carbons (Fsp3) is 0. The minimum Gasteiger partial charge on any atom is -0.508 e. The van der Waals surface area contributed by atoms with Gasteiger partial charge in [-0.1, -0.05) is 0 Å². The zero-order valence-electron chi connectivity index (χ0n) is 5.98. The normalized spacial score (nSPS) is 8.36. The molecule has 2 N–H and O–H groups in total. The minimum absolute atomic E-state index is 0. The van der Waals surface area contributed by atoms with E-state index in [9.17, 15) is 4.91 Å². The van der Waals surface area contributed by atoms with Crippen LogP contribution in [0, 0.1) is 4.91 Å². The third-order valence-corrected chi connectivity index (χ3v) is 1.06. The van der Waals surface area contributed by atoms with E-state index in [-0.39, 0.29) is 46.7 Å². The van der Waals surface area contributed by atoms with Crippen LogP contribution in [0.3, 0.4) is 0 Å². The smallest absolute Gasteiger partial charge is 0.149 e. The summed E-state index contributed by atoms with van der Waals surface area (Å²) in [5.41, 5.74) is -0.0715. The average Bonchev–Trinajstić information content (AvgIpc) is 1.88. The van der Waals surface area contributed by atoms with Gasteiger partial charge in [0.05, 0.1) is 0 Å². The quantitative estimate of drug-likeness (QED) is 0.480. The van der Waals surface area contributed by atoms with Gasteiger partial charge in [-0.15, -0.1) is 4.91 Å². The molecule has 0 aliphatic carbocycles. The van der Waals surface area contributed by atoms with Gasteiger partial charge in [0.25, 0.3) is 0 Å². The zero-order valence-corrected chi connectivity index (χ0v) is 7.98. The van der Waals surface area contributed by atoms with Crippen LogP contribution in [0.25, 0.3) is 0 Å². The molecule has 1 aromatic carbocycles. The number of nitroso groups, excluding NO2 is 1. The molecule has 0 heterocycles. The maximum Gasteiger partial charge on any atom is 0.149 e. The monoisotopic (exact) mass is 162 g/mol. The molecule has 1 radical (unpaired) electrons. The molecule has 4 nitrogen and oxygen atoms in total. The molecular weight excluding hydrogens is 157 g/mol. The molecule has 0 unspecified atom stereocenters. The van der Waals surface area contributed by atoms with E-state index in [1.54, 1.807) is 0 Å². The molecule has 5 heteroatoms. The van der Waals surface area contributed by atoms with Gasteiger partial charge in [0.2, 0.25) is 0 Å². The Morgan fingerprint density at radius 1 is 1.27 bits per heavy atom. The third kappa shape index (κ3) is 2.49. The SMILES string of the molecule is O=Nc1ccc(O)cc1O.[Na]. The summed E-state index contributed by atoms with van der Waals surface area (Å²) in [4.78, 5) is 9.85. The molecule has 0 fully saturated rings. The van der Waals surface area contributed by atoms with Crippen molar-refractivity contribution in [3.05, 3.63) is 23.1 Å². The number of phenols is 2. The molecule has 0 bridgehead atoms. The third-order valence-electron chi connectivity index (χ3n) is 1.06. The van der Waals surface area contributed by atoms with Crippen LogP contribution in [0.5, 0.6) is 11.5 Å². The van der Waals surface area contributed by atoms with E-state index in [4.69, 9.17) is 10.2 Å². The van der Waals surface area contributed by atoms with Gasteiger partial charge in [-0.2, -0.15) is 0 Å². The topological polar surface area (TPSA) is 69.9 Å². The molecule has 0 spiro atoms. The van der Waals surface area contributed by atoms with Crippen molar-refractivity contribution >= 4 is 35.2 Å². The van der Waals surface area contributed by atoms with Crippen molar-refractivity contribution in [1.29, 1.82) is 0 Å². The fourth-order valence-electron chi connectivity index (χ4n) is 0.589. The van der Waals surface area contributed by atoms with Crippen LogP contribution in [-0.4, -0.2) is 39.8 Å². The van der Waals surface area contributed by atoms with Gasteiger partial charge in [-0.05, 0) is 17.3 Å². The van der Waals surface area contributed by atoms with Crippen molar-refractivity contribution in [1.82, 2.24) is 0 Å².